The minimum atomic E-state index is -3.53. The fourth-order valence-electron chi connectivity index (χ4n) is 1.96. The van der Waals surface area contributed by atoms with Gasteiger partial charge in [0.1, 0.15) is 0 Å². The van der Waals surface area contributed by atoms with Gasteiger partial charge in [-0.3, -0.25) is 4.79 Å². The number of aromatic nitrogens is 2. The van der Waals surface area contributed by atoms with Crippen molar-refractivity contribution in [3.8, 4) is 0 Å². The Morgan fingerprint density at radius 3 is 2.42 bits per heavy atom. The van der Waals surface area contributed by atoms with Gasteiger partial charge in [0.15, 0.2) is 0 Å². The van der Waals surface area contributed by atoms with Crippen LogP contribution in [-0.2, 0) is 16.4 Å². The molecule has 0 saturated heterocycles. The molecule has 0 aliphatic heterocycles. The molecule has 0 atom stereocenters. The highest BCUT2D eigenvalue weighted by molar-refractivity contribution is 7.89. The van der Waals surface area contributed by atoms with E-state index in [1.807, 2.05) is 6.92 Å². The molecule has 1 aromatic heterocycles. The van der Waals surface area contributed by atoms with E-state index in [1.54, 1.807) is 30.3 Å². The summed E-state index contributed by atoms with van der Waals surface area (Å²) in [6.07, 6.45) is 2.27. The molecule has 3 rings (SSSR count). The number of fused-ring (bicyclic) bond motifs is 1. The maximum atomic E-state index is 11.2. The van der Waals surface area contributed by atoms with Crippen molar-refractivity contribution in [2.45, 2.75) is 18.2 Å². The minimum absolute atomic E-state index is 0.164. The summed E-state index contributed by atoms with van der Waals surface area (Å²) in [4.78, 5) is 17.8. The lowest BCUT2D eigenvalue weighted by Crippen LogP contribution is -2.11. The normalized spacial score (nSPS) is 11.0. The van der Waals surface area contributed by atoms with Gasteiger partial charge in [-0.1, -0.05) is 30.7 Å². The third-order valence-corrected chi connectivity index (χ3v) is 4.43. The molecule has 126 valence electrons. The number of benzene rings is 2. The molecule has 8 heteroatoms. The van der Waals surface area contributed by atoms with Crippen LogP contribution in [0.15, 0.2) is 58.5 Å². The van der Waals surface area contributed by atoms with Crippen molar-refractivity contribution >= 4 is 32.5 Å². The Hall–Kier alpha value is -2.22. The summed E-state index contributed by atoms with van der Waals surface area (Å²) in [5, 5.41) is 5.98. The Kier molecular flexibility index (Phi) is 5.71. The first-order valence-electron chi connectivity index (χ1n) is 7.06. The number of primary sulfonamides is 1. The van der Waals surface area contributed by atoms with Crippen molar-refractivity contribution < 1.29 is 8.42 Å². The first-order chi connectivity index (χ1) is 11.3. The standard InChI is InChI=1S/C8H5ClN2O.C8H11NO2S/c9-5-1-2-7-6(3-5)8(12)11-4-10-7;1-2-7-3-5-8(6-4-7)12(9,10)11/h1-4H,(H,10,11,12);3-6H,2H2,1H3,(H2,9,10,11). The molecule has 3 N–H and O–H groups in total. The molecule has 3 aromatic rings. The molecule has 0 saturated carbocycles. The quantitative estimate of drug-likeness (QED) is 0.727. The van der Waals surface area contributed by atoms with Crippen LogP contribution in [0.4, 0.5) is 0 Å². The van der Waals surface area contributed by atoms with Crippen LogP contribution < -0.4 is 10.7 Å². The van der Waals surface area contributed by atoms with Gasteiger partial charge in [0.2, 0.25) is 10.0 Å². The molecule has 0 aliphatic carbocycles. The molecule has 2 aromatic carbocycles. The van der Waals surface area contributed by atoms with Crippen molar-refractivity contribution in [1.29, 1.82) is 0 Å². The van der Waals surface area contributed by atoms with Crippen molar-refractivity contribution in [3.05, 3.63) is 69.7 Å². The molecular formula is C16H16ClN3O3S. The summed E-state index contributed by atoms with van der Waals surface area (Å²) in [5.41, 5.74) is 1.59. The number of nitrogens with one attached hydrogen (secondary N) is 1. The molecule has 0 amide bonds. The summed E-state index contributed by atoms with van der Waals surface area (Å²) in [7, 11) is -3.53. The number of halogens is 1. The van der Waals surface area contributed by atoms with E-state index in [0.717, 1.165) is 12.0 Å². The van der Waals surface area contributed by atoms with Gasteiger partial charge in [-0.15, -0.1) is 0 Å². The van der Waals surface area contributed by atoms with E-state index in [0.29, 0.717) is 15.9 Å². The lowest BCUT2D eigenvalue weighted by atomic mass is 10.2. The Balaban J connectivity index is 0.000000174. The van der Waals surface area contributed by atoms with Gasteiger partial charge in [0, 0.05) is 5.02 Å². The lowest BCUT2D eigenvalue weighted by Gasteiger charge is -1.98. The number of hydrogen-bond acceptors (Lipinski definition) is 4. The Labute approximate surface area is 144 Å². The maximum Gasteiger partial charge on any atom is 0.258 e. The van der Waals surface area contributed by atoms with Crippen LogP contribution in [0, 0.1) is 0 Å². The highest BCUT2D eigenvalue weighted by Crippen LogP contribution is 2.13. The largest absolute Gasteiger partial charge is 0.313 e. The molecule has 0 fully saturated rings. The van der Waals surface area contributed by atoms with E-state index < -0.39 is 10.0 Å². The van der Waals surface area contributed by atoms with Crippen LogP contribution in [0.2, 0.25) is 5.02 Å². The average Bonchev–Trinajstić information content (AvgIpc) is 2.56. The predicted molar refractivity (Wildman–Crippen MR) is 94.6 cm³/mol. The van der Waals surface area contributed by atoms with E-state index in [4.69, 9.17) is 16.7 Å². The molecule has 0 bridgehead atoms. The third-order valence-electron chi connectivity index (χ3n) is 3.26. The van der Waals surface area contributed by atoms with Crippen molar-refractivity contribution in [1.82, 2.24) is 9.97 Å². The second-order valence-corrected chi connectivity index (χ2v) is 6.93. The van der Waals surface area contributed by atoms with Gasteiger partial charge in [0.25, 0.3) is 5.56 Å². The zero-order chi connectivity index (χ0) is 17.7. The molecular weight excluding hydrogens is 350 g/mol. The number of H-pyrrole nitrogens is 1. The van der Waals surface area contributed by atoms with Gasteiger partial charge in [-0.05, 0) is 42.3 Å². The zero-order valence-corrected chi connectivity index (χ0v) is 14.4. The summed E-state index contributed by atoms with van der Waals surface area (Å²) < 4.78 is 21.6. The smallest absolute Gasteiger partial charge is 0.258 e. The number of nitrogens with zero attached hydrogens (tertiary/aromatic N) is 1. The van der Waals surface area contributed by atoms with Crippen molar-refractivity contribution in [2.24, 2.45) is 5.14 Å². The van der Waals surface area contributed by atoms with Crippen LogP contribution >= 0.6 is 11.6 Å². The van der Waals surface area contributed by atoms with E-state index in [-0.39, 0.29) is 10.5 Å². The van der Waals surface area contributed by atoms with Crippen LogP contribution in [0.25, 0.3) is 10.9 Å². The Morgan fingerprint density at radius 2 is 1.83 bits per heavy atom. The van der Waals surface area contributed by atoms with Gasteiger partial charge in [-0.2, -0.15) is 0 Å². The van der Waals surface area contributed by atoms with Crippen molar-refractivity contribution in [3.63, 3.8) is 0 Å². The molecule has 1 heterocycles. The van der Waals surface area contributed by atoms with Crippen LogP contribution in [0.5, 0.6) is 0 Å². The highest BCUT2D eigenvalue weighted by atomic mass is 35.5. The Bertz CT molecular complexity index is 999. The van der Waals surface area contributed by atoms with Gasteiger partial charge in [-0.25, -0.2) is 18.5 Å². The van der Waals surface area contributed by atoms with Crippen molar-refractivity contribution in [2.75, 3.05) is 0 Å². The summed E-state index contributed by atoms with van der Waals surface area (Å²) in [6, 6.07) is 11.6. The van der Waals surface area contributed by atoms with E-state index in [9.17, 15) is 13.2 Å². The predicted octanol–water partition coefficient (Wildman–Crippen LogP) is 2.47. The first kappa shape index (κ1) is 18.1. The molecule has 0 unspecified atom stereocenters. The zero-order valence-electron chi connectivity index (χ0n) is 12.9. The second kappa shape index (κ2) is 7.57. The minimum Gasteiger partial charge on any atom is -0.313 e. The SMILES string of the molecule is CCc1ccc(S(N)(=O)=O)cc1.O=c1[nH]cnc2ccc(Cl)cc12. The fourth-order valence-corrected chi connectivity index (χ4v) is 2.64. The van der Waals surface area contributed by atoms with Gasteiger partial charge >= 0.3 is 0 Å². The summed E-state index contributed by atoms with van der Waals surface area (Å²) in [6.45, 7) is 2.01. The second-order valence-electron chi connectivity index (χ2n) is 4.94. The van der Waals surface area contributed by atoms with Crippen LogP contribution in [0.1, 0.15) is 12.5 Å². The lowest BCUT2D eigenvalue weighted by molar-refractivity contribution is 0.598. The number of sulfonamides is 1. The van der Waals surface area contributed by atoms with E-state index >= 15 is 0 Å². The Morgan fingerprint density at radius 1 is 1.17 bits per heavy atom. The fraction of sp³-hybridized carbons (Fsp3) is 0.125. The number of aromatic amines is 1. The summed E-state index contributed by atoms with van der Waals surface area (Å²) >= 11 is 5.71. The van der Waals surface area contributed by atoms with E-state index in [1.165, 1.54) is 18.5 Å². The molecule has 0 radical (unpaired) electrons. The van der Waals surface area contributed by atoms with Gasteiger partial charge < -0.3 is 4.98 Å². The number of aryl methyl sites for hydroxylation is 1. The highest BCUT2D eigenvalue weighted by Gasteiger charge is 2.05. The van der Waals surface area contributed by atoms with Gasteiger partial charge in [0.05, 0.1) is 22.1 Å². The number of rotatable bonds is 2. The maximum absolute atomic E-state index is 11.2. The van der Waals surface area contributed by atoms with E-state index in [2.05, 4.69) is 9.97 Å². The third kappa shape index (κ3) is 4.64. The molecule has 24 heavy (non-hydrogen) atoms. The first-order valence-corrected chi connectivity index (χ1v) is 8.98. The monoisotopic (exact) mass is 365 g/mol. The number of nitrogens with two attached hydrogens (primary N) is 1. The number of hydrogen-bond donors (Lipinski definition) is 2. The topological polar surface area (TPSA) is 106 Å². The van der Waals surface area contributed by atoms with Crippen LogP contribution in [-0.4, -0.2) is 18.4 Å². The molecule has 0 spiro atoms. The summed E-state index contributed by atoms with van der Waals surface area (Å²) in [5.74, 6) is 0. The molecule has 0 aliphatic rings. The molecule has 6 nitrogen and oxygen atoms in total. The van der Waals surface area contributed by atoms with Crippen LogP contribution in [0.3, 0.4) is 0 Å². The average molecular weight is 366 g/mol.